The molecule has 0 unspecified atom stereocenters. The Morgan fingerprint density at radius 1 is 1.18 bits per heavy atom. The van der Waals surface area contributed by atoms with Gasteiger partial charge in [-0.15, -0.1) is 0 Å². The Hall–Kier alpha value is -1.57. The molecule has 0 fully saturated rings. The van der Waals surface area contributed by atoms with E-state index in [0.29, 0.717) is 0 Å². The number of rotatable bonds is 2. The first kappa shape index (κ1) is 13.5. The molecule has 2 heteroatoms. The minimum atomic E-state index is -0.913. The quantitative estimate of drug-likeness (QED) is 0.789. The van der Waals surface area contributed by atoms with Crippen LogP contribution in [0.15, 0.2) is 18.2 Å². The number of carboxylic acid groups (broad SMARTS) is 1. The lowest BCUT2D eigenvalue weighted by Gasteiger charge is -2.21. The monoisotopic (exact) mass is 232 g/mol. The number of carboxylic acids is 1. The number of benzene rings is 1. The molecule has 0 bridgehead atoms. The van der Waals surface area contributed by atoms with E-state index in [2.05, 4.69) is 32.9 Å². The van der Waals surface area contributed by atoms with Crippen LogP contribution in [0.5, 0.6) is 0 Å². The fourth-order valence-electron chi connectivity index (χ4n) is 1.83. The number of hydrogen-bond donors (Lipinski definition) is 1. The topological polar surface area (TPSA) is 37.3 Å². The first-order valence-electron chi connectivity index (χ1n) is 5.74. The van der Waals surface area contributed by atoms with Crippen molar-refractivity contribution >= 4 is 12.0 Å². The van der Waals surface area contributed by atoms with E-state index in [1.807, 2.05) is 13.8 Å². The van der Waals surface area contributed by atoms with Gasteiger partial charge >= 0.3 is 5.97 Å². The zero-order valence-electron chi connectivity index (χ0n) is 11.2. The van der Waals surface area contributed by atoms with Gasteiger partial charge in [0.2, 0.25) is 0 Å². The summed E-state index contributed by atoms with van der Waals surface area (Å²) in [4.78, 5) is 10.5. The fraction of sp³-hybridized carbons (Fsp3) is 0.400. The summed E-state index contributed by atoms with van der Waals surface area (Å²) >= 11 is 0. The average Bonchev–Trinajstić information content (AvgIpc) is 2.14. The molecule has 0 saturated heterocycles. The van der Waals surface area contributed by atoms with Crippen molar-refractivity contribution in [2.45, 2.75) is 40.0 Å². The molecule has 1 rings (SSSR count). The molecule has 0 atom stereocenters. The lowest BCUT2D eigenvalue weighted by molar-refractivity contribution is -0.131. The summed E-state index contributed by atoms with van der Waals surface area (Å²) in [5.74, 6) is -0.913. The molecule has 92 valence electrons. The second-order valence-corrected chi connectivity index (χ2v) is 5.45. The summed E-state index contributed by atoms with van der Waals surface area (Å²) in [6, 6.07) is 4.27. The fourth-order valence-corrected chi connectivity index (χ4v) is 1.83. The molecular formula is C15H20O2. The molecule has 0 amide bonds. The van der Waals surface area contributed by atoms with Crippen molar-refractivity contribution < 1.29 is 9.90 Å². The molecule has 1 aromatic rings. The van der Waals surface area contributed by atoms with Gasteiger partial charge < -0.3 is 5.11 Å². The Balaban J connectivity index is 3.25. The van der Waals surface area contributed by atoms with Crippen LogP contribution in [0.2, 0.25) is 0 Å². The minimum Gasteiger partial charge on any atom is -0.478 e. The number of aryl methyl sites for hydroxylation is 2. The third-order valence-electron chi connectivity index (χ3n) is 2.85. The first-order valence-corrected chi connectivity index (χ1v) is 5.74. The molecule has 1 aromatic carbocycles. The smallest absolute Gasteiger partial charge is 0.328 e. The maximum Gasteiger partial charge on any atom is 0.328 e. The van der Waals surface area contributed by atoms with Crippen LogP contribution < -0.4 is 0 Å². The van der Waals surface area contributed by atoms with Crippen molar-refractivity contribution in [3.8, 4) is 0 Å². The standard InChI is InChI=1S/C15H20O2/c1-10-8-12(15(3,4)5)9-11(2)13(10)6-7-14(16)17/h6-9H,1-5H3,(H,16,17)/b7-6+. The molecule has 0 aliphatic rings. The van der Waals surface area contributed by atoms with E-state index in [1.54, 1.807) is 6.08 Å². The van der Waals surface area contributed by atoms with Crippen LogP contribution in [-0.4, -0.2) is 11.1 Å². The average molecular weight is 232 g/mol. The highest BCUT2D eigenvalue weighted by Gasteiger charge is 2.15. The summed E-state index contributed by atoms with van der Waals surface area (Å²) in [6.07, 6.45) is 2.85. The Labute approximate surface area is 103 Å². The van der Waals surface area contributed by atoms with E-state index in [1.165, 1.54) is 11.6 Å². The second-order valence-electron chi connectivity index (χ2n) is 5.45. The number of hydrogen-bond acceptors (Lipinski definition) is 1. The molecule has 0 aliphatic carbocycles. The summed E-state index contributed by atoms with van der Waals surface area (Å²) in [6.45, 7) is 10.6. The van der Waals surface area contributed by atoms with Crippen LogP contribution in [0.4, 0.5) is 0 Å². The van der Waals surface area contributed by atoms with Gasteiger partial charge in [0.05, 0.1) is 0 Å². The van der Waals surface area contributed by atoms with Crippen LogP contribution in [0.25, 0.3) is 6.08 Å². The van der Waals surface area contributed by atoms with Crippen molar-refractivity contribution in [2.24, 2.45) is 0 Å². The summed E-state index contributed by atoms with van der Waals surface area (Å²) < 4.78 is 0. The van der Waals surface area contributed by atoms with Gasteiger partial charge in [0.1, 0.15) is 0 Å². The lowest BCUT2D eigenvalue weighted by Crippen LogP contribution is -2.12. The molecule has 2 nitrogen and oxygen atoms in total. The van der Waals surface area contributed by atoms with Gasteiger partial charge in [-0.25, -0.2) is 4.79 Å². The largest absolute Gasteiger partial charge is 0.478 e. The van der Waals surface area contributed by atoms with Crippen LogP contribution >= 0.6 is 0 Å². The maximum atomic E-state index is 10.5. The molecule has 0 saturated carbocycles. The number of carbonyl (C=O) groups is 1. The lowest BCUT2D eigenvalue weighted by atomic mass is 9.84. The van der Waals surface area contributed by atoms with Crippen LogP contribution in [-0.2, 0) is 10.2 Å². The van der Waals surface area contributed by atoms with Gasteiger partial charge in [-0.05, 0) is 47.6 Å². The molecule has 0 spiro atoms. The third-order valence-corrected chi connectivity index (χ3v) is 2.85. The third kappa shape index (κ3) is 3.45. The van der Waals surface area contributed by atoms with Crippen molar-refractivity contribution in [3.63, 3.8) is 0 Å². The highest BCUT2D eigenvalue weighted by Crippen LogP contribution is 2.27. The summed E-state index contributed by atoms with van der Waals surface area (Å²) in [5, 5.41) is 8.65. The van der Waals surface area contributed by atoms with Crippen molar-refractivity contribution in [2.75, 3.05) is 0 Å². The van der Waals surface area contributed by atoms with Crippen molar-refractivity contribution in [3.05, 3.63) is 40.5 Å². The Morgan fingerprint density at radius 3 is 2.00 bits per heavy atom. The summed E-state index contributed by atoms with van der Waals surface area (Å²) in [7, 11) is 0. The molecule has 0 heterocycles. The van der Waals surface area contributed by atoms with E-state index in [9.17, 15) is 4.79 Å². The SMILES string of the molecule is Cc1cc(C(C)(C)C)cc(C)c1/C=C/C(=O)O. The maximum absolute atomic E-state index is 10.5. The Morgan fingerprint density at radius 2 is 1.65 bits per heavy atom. The Bertz CT molecular complexity index is 439. The highest BCUT2D eigenvalue weighted by atomic mass is 16.4. The van der Waals surface area contributed by atoms with Crippen LogP contribution in [0, 0.1) is 13.8 Å². The molecule has 0 aliphatic heterocycles. The van der Waals surface area contributed by atoms with Gasteiger partial charge in [-0.2, -0.15) is 0 Å². The van der Waals surface area contributed by atoms with E-state index < -0.39 is 5.97 Å². The van der Waals surface area contributed by atoms with E-state index >= 15 is 0 Å². The van der Waals surface area contributed by atoms with Gasteiger partial charge in [0.25, 0.3) is 0 Å². The normalized spacial score (nSPS) is 12.1. The Kier molecular flexibility index (Phi) is 3.76. The molecule has 1 N–H and O–H groups in total. The molecule has 0 radical (unpaired) electrons. The number of aliphatic carboxylic acids is 1. The summed E-state index contributed by atoms with van der Waals surface area (Å²) in [5.41, 5.74) is 4.63. The van der Waals surface area contributed by atoms with Gasteiger partial charge in [0.15, 0.2) is 0 Å². The highest BCUT2D eigenvalue weighted by molar-refractivity contribution is 5.86. The van der Waals surface area contributed by atoms with Crippen LogP contribution in [0.1, 0.15) is 43.0 Å². The van der Waals surface area contributed by atoms with E-state index in [4.69, 9.17) is 5.11 Å². The van der Waals surface area contributed by atoms with Crippen molar-refractivity contribution in [1.29, 1.82) is 0 Å². The zero-order valence-corrected chi connectivity index (χ0v) is 11.2. The first-order chi connectivity index (χ1) is 7.71. The van der Waals surface area contributed by atoms with Gasteiger partial charge in [-0.1, -0.05) is 32.9 Å². The van der Waals surface area contributed by atoms with Crippen molar-refractivity contribution in [1.82, 2.24) is 0 Å². The molecular weight excluding hydrogens is 212 g/mol. The second kappa shape index (κ2) is 4.74. The minimum absolute atomic E-state index is 0.116. The molecule has 17 heavy (non-hydrogen) atoms. The molecule has 0 aromatic heterocycles. The zero-order chi connectivity index (χ0) is 13.2. The van der Waals surface area contributed by atoms with Crippen LogP contribution in [0.3, 0.4) is 0 Å². The van der Waals surface area contributed by atoms with Gasteiger partial charge in [-0.3, -0.25) is 0 Å². The van der Waals surface area contributed by atoms with E-state index in [-0.39, 0.29) is 5.41 Å². The predicted octanol–water partition coefficient (Wildman–Crippen LogP) is 3.70. The van der Waals surface area contributed by atoms with E-state index in [0.717, 1.165) is 16.7 Å². The predicted molar refractivity (Wildman–Crippen MR) is 71.3 cm³/mol. The van der Waals surface area contributed by atoms with Gasteiger partial charge in [0, 0.05) is 6.08 Å².